The number of aryl methyl sites for hydroxylation is 1. The lowest BCUT2D eigenvalue weighted by molar-refractivity contribution is -0.305. The number of carboxylic acid groups (broad SMARTS) is 1. The predicted octanol–water partition coefficient (Wildman–Crippen LogP) is 1.92. The van der Waals surface area contributed by atoms with Gasteiger partial charge < -0.3 is 14.6 Å². The molecule has 0 aliphatic rings. The van der Waals surface area contributed by atoms with Crippen LogP contribution in [-0.4, -0.2) is 12.6 Å². The van der Waals surface area contributed by atoms with Crippen LogP contribution in [0.1, 0.15) is 25.3 Å². The first kappa shape index (κ1) is 13.0. The summed E-state index contributed by atoms with van der Waals surface area (Å²) in [6, 6.07) is 5.90. The monoisotopic (exact) mass is 285 g/mol. The van der Waals surface area contributed by atoms with Gasteiger partial charge in [0.2, 0.25) is 0 Å². The van der Waals surface area contributed by atoms with Crippen molar-refractivity contribution in [3.05, 3.63) is 28.2 Å². The largest absolute Gasteiger partial charge is 0.550 e. The average molecular weight is 286 g/mol. The molecule has 0 unspecified atom stereocenters. The fourth-order valence-corrected chi connectivity index (χ4v) is 1.82. The van der Waals surface area contributed by atoms with Crippen LogP contribution in [0.4, 0.5) is 0 Å². The van der Waals surface area contributed by atoms with E-state index >= 15 is 0 Å². The first-order valence-electron chi connectivity index (χ1n) is 5.24. The minimum absolute atomic E-state index is 0.0324. The normalized spacial score (nSPS) is 10.1. The maximum absolute atomic E-state index is 10.2. The number of hydrogen-bond donors (Lipinski definition) is 0. The number of hydrogen-bond acceptors (Lipinski definition) is 3. The zero-order valence-electron chi connectivity index (χ0n) is 9.16. The summed E-state index contributed by atoms with van der Waals surface area (Å²) in [4.78, 5) is 10.2. The lowest BCUT2D eigenvalue weighted by Gasteiger charge is -2.09. The van der Waals surface area contributed by atoms with Crippen molar-refractivity contribution >= 4 is 21.9 Å². The van der Waals surface area contributed by atoms with E-state index in [1.807, 2.05) is 18.2 Å². The lowest BCUT2D eigenvalue weighted by atomic mass is 10.2. The molecule has 0 saturated heterocycles. The Morgan fingerprint density at radius 3 is 2.81 bits per heavy atom. The van der Waals surface area contributed by atoms with E-state index in [9.17, 15) is 9.90 Å². The molecule has 4 heteroatoms. The molecule has 0 aliphatic heterocycles. The molecule has 0 atom stereocenters. The number of carboxylic acids is 1. The van der Waals surface area contributed by atoms with Crippen LogP contribution in [0.5, 0.6) is 5.75 Å². The number of rotatable bonds is 6. The van der Waals surface area contributed by atoms with E-state index < -0.39 is 5.97 Å². The Bertz CT molecular complexity index is 363. The molecule has 1 aromatic rings. The molecular formula is C12H14BrO3-. The highest BCUT2D eigenvalue weighted by Crippen LogP contribution is 2.26. The second kappa shape index (κ2) is 6.53. The van der Waals surface area contributed by atoms with Crippen LogP contribution < -0.4 is 9.84 Å². The fraction of sp³-hybridized carbons (Fsp3) is 0.417. The van der Waals surface area contributed by atoms with Crippen molar-refractivity contribution in [2.75, 3.05) is 6.61 Å². The summed E-state index contributed by atoms with van der Waals surface area (Å²) in [5, 5.41) is 10.2. The van der Waals surface area contributed by atoms with Gasteiger partial charge >= 0.3 is 0 Å². The summed E-state index contributed by atoms with van der Waals surface area (Å²) < 4.78 is 6.35. The van der Waals surface area contributed by atoms with Crippen molar-refractivity contribution in [3.8, 4) is 5.75 Å². The van der Waals surface area contributed by atoms with Crippen LogP contribution >= 0.6 is 15.9 Å². The number of ether oxygens (including phenoxy) is 1. The number of carbonyl (C=O) groups is 1. The topological polar surface area (TPSA) is 49.4 Å². The molecule has 3 nitrogen and oxygen atoms in total. The van der Waals surface area contributed by atoms with E-state index in [2.05, 4.69) is 22.9 Å². The fourth-order valence-electron chi connectivity index (χ4n) is 1.28. The van der Waals surface area contributed by atoms with Gasteiger partial charge in [0.15, 0.2) is 0 Å². The van der Waals surface area contributed by atoms with Gasteiger partial charge in [0.25, 0.3) is 0 Å². The molecular weight excluding hydrogens is 272 g/mol. The number of benzene rings is 1. The van der Waals surface area contributed by atoms with Gasteiger partial charge in [-0.2, -0.15) is 0 Å². The van der Waals surface area contributed by atoms with E-state index in [-0.39, 0.29) is 6.42 Å². The number of aliphatic carboxylic acids is 1. The van der Waals surface area contributed by atoms with Crippen LogP contribution in [0, 0.1) is 0 Å². The molecule has 0 heterocycles. The zero-order chi connectivity index (χ0) is 12.0. The Morgan fingerprint density at radius 2 is 2.25 bits per heavy atom. The molecule has 0 N–H and O–H groups in total. The molecule has 0 aromatic heterocycles. The molecule has 0 fully saturated rings. The summed E-state index contributed by atoms with van der Waals surface area (Å²) >= 11 is 3.42. The van der Waals surface area contributed by atoms with Gasteiger partial charge in [-0.15, -0.1) is 0 Å². The van der Waals surface area contributed by atoms with Gasteiger partial charge in [0, 0.05) is 5.97 Å². The molecule has 16 heavy (non-hydrogen) atoms. The van der Waals surface area contributed by atoms with Gasteiger partial charge in [-0.25, -0.2) is 0 Å². The van der Waals surface area contributed by atoms with Crippen molar-refractivity contribution < 1.29 is 14.6 Å². The van der Waals surface area contributed by atoms with E-state index in [4.69, 9.17) is 4.74 Å². The Kier molecular flexibility index (Phi) is 5.32. The molecule has 1 rings (SSSR count). The van der Waals surface area contributed by atoms with Crippen LogP contribution in [0.25, 0.3) is 0 Å². The second-order valence-electron chi connectivity index (χ2n) is 3.44. The van der Waals surface area contributed by atoms with E-state index in [1.54, 1.807) is 0 Å². The molecule has 1 aromatic carbocycles. The van der Waals surface area contributed by atoms with Gasteiger partial charge in [0.1, 0.15) is 5.75 Å². The highest BCUT2D eigenvalue weighted by molar-refractivity contribution is 9.10. The highest BCUT2D eigenvalue weighted by atomic mass is 79.9. The van der Waals surface area contributed by atoms with Crippen molar-refractivity contribution in [2.45, 2.75) is 26.2 Å². The smallest absolute Gasteiger partial charge is 0.133 e. The standard InChI is InChI=1S/C12H15BrO3/c1-2-9-5-6-11(10(13)8-9)16-7-3-4-12(14)15/h5-6,8H,2-4,7H2,1H3,(H,14,15)/p-1. The van der Waals surface area contributed by atoms with Crippen molar-refractivity contribution in [1.29, 1.82) is 0 Å². The summed E-state index contributed by atoms with van der Waals surface area (Å²) in [5.41, 5.74) is 1.23. The third-order valence-electron chi connectivity index (χ3n) is 2.19. The maximum Gasteiger partial charge on any atom is 0.133 e. The van der Waals surface area contributed by atoms with E-state index in [0.29, 0.717) is 13.0 Å². The first-order chi connectivity index (χ1) is 7.63. The average Bonchev–Trinajstić information content (AvgIpc) is 2.25. The molecule has 88 valence electrons. The van der Waals surface area contributed by atoms with Gasteiger partial charge in [-0.05, 0) is 52.9 Å². The molecule has 0 radical (unpaired) electrons. The van der Waals surface area contributed by atoms with Crippen molar-refractivity contribution in [2.24, 2.45) is 0 Å². The Balaban J connectivity index is 2.45. The van der Waals surface area contributed by atoms with Crippen LogP contribution in [0.3, 0.4) is 0 Å². The molecule has 0 aliphatic carbocycles. The van der Waals surface area contributed by atoms with Crippen LogP contribution in [-0.2, 0) is 11.2 Å². The maximum atomic E-state index is 10.2. The first-order valence-corrected chi connectivity index (χ1v) is 6.04. The van der Waals surface area contributed by atoms with E-state index in [1.165, 1.54) is 5.56 Å². The SMILES string of the molecule is CCc1ccc(OCCCC(=O)[O-])c(Br)c1. The minimum Gasteiger partial charge on any atom is -0.550 e. The summed E-state index contributed by atoms with van der Waals surface area (Å²) in [6.07, 6.45) is 1.47. The van der Waals surface area contributed by atoms with Crippen molar-refractivity contribution in [3.63, 3.8) is 0 Å². The van der Waals surface area contributed by atoms with Crippen LogP contribution in [0.15, 0.2) is 22.7 Å². The van der Waals surface area contributed by atoms with Crippen molar-refractivity contribution in [1.82, 2.24) is 0 Å². The van der Waals surface area contributed by atoms with Gasteiger partial charge in [0.05, 0.1) is 11.1 Å². The number of carbonyl (C=O) groups excluding carboxylic acids is 1. The Hall–Kier alpha value is -1.03. The van der Waals surface area contributed by atoms with Crippen LogP contribution in [0.2, 0.25) is 0 Å². The molecule has 0 spiro atoms. The quantitative estimate of drug-likeness (QED) is 0.751. The molecule has 0 saturated carbocycles. The Labute approximate surface area is 104 Å². The summed E-state index contributed by atoms with van der Waals surface area (Å²) in [5.74, 6) is -0.292. The summed E-state index contributed by atoms with van der Waals surface area (Å²) in [7, 11) is 0. The third-order valence-corrected chi connectivity index (χ3v) is 2.81. The summed E-state index contributed by atoms with van der Waals surface area (Å²) in [6.45, 7) is 2.47. The third kappa shape index (κ3) is 4.23. The second-order valence-corrected chi connectivity index (χ2v) is 4.30. The van der Waals surface area contributed by atoms with Gasteiger partial charge in [-0.1, -0.05) is 13.0 Å². The predicted molar refractivity (Wildman–Crippen MR) is 63.3 cm³/mol. The highest BCUT2D eigenvalue weighted by Gasteiger charge is 2.01. The molecule has 0 amide bonds. The zero-order valence-corrected chi connectivity index (χ0v) is 10.7. The molecule has 0 bridgehead atoms. The minimum atomic E-state index is -1.04. The lowest BCUT2D eigenvalue weighted by Crippen LogP contribution is -2.22. The van der Waals surface area contributed by atoms with E-state index in [0.717, 1.165) is 16.6 Å². The number of halogens is 1. The van der Waals surface area contributed by atoms with Gasteiger partial charge in [-0.3, -0.25) is 0 Å². The Morgan fingerprint density at radius 1 is 1.50 bits per heavy atom.